The quantitative estimate of drug-likeness (QED) is 0.589. The smallest absolute Gasteiger partial charge is 0.0184 e. The fourth-order valence-corrected chi connectivity index (χ4v) is 1.13. The largest absolute Gasteiger partial charge is 0.269 e. The van der Waals surface area contributed by atoms with Crippen molar-refractivity contribution in [1.29, 1.82) is 0 Å². The summed E-state index contributed by atoms with van der Waals surface area (Å²) in [7, 11) is 0. The minimum absolute atomic E-state index is 0. The Balaban J connectivity index is 0.000000605. The van der Waals surface area contributed by atoms with E-state index in [-0.39, 0.29) is 17.1 Å². The Bertz CT molecular complexity index is 281. The lowest BCUT2D eigenvalue weighted by Gasteiger charge is -1.92. The molecule has 0 bridgehead atoms. The van der Waals surface area contributed by atoms with E-state index in [0.29, 0.717) is 0 Å². The van der Waals surface area contributed by atoms with Crippen molar-refractivity contribution in [1.82, 2.24) is 0 Å². The molecule has 0 amide bonds. The lowest BCUT2D eigenvalue weighted by molar-refractivity contribution is 1.11. The van der Waals surface area contributed by atoms with Crippen molar-refractivity contribution in [3.05, 3.63) is 48.5 Å². The average molecular weight is 185 g/mol. The highest BCUT2D eigenvalue weighted by Crippen LogP contribution is 2.11. The van der Waals surface area contributed by atoms with Gasteiger partial charge in [0.1, 0.15) is 0 Å². The molecule has 64 valence electrons. The van der Waals surface area contributed by atoms with Gasteiger partial charge in [-0.1, -0.05) is 48.5 Å². The molecule has 2 heteroatoms. The molecule has 2 aromatic carbocycles. The van der Waals surface area contributed by atoms with Gasteiger partial charge in [-0.2, -0.15) is 0 Å². The molecule has 0 unspecified atom stereocenters. The topological polar surface area (TPSA) is 0 Å². The Hall–Kier alpha value is -1.08. The molecule has 2 aromatic rings. The first-order chi connectivity index (χ1) is 4.97. The predicted octanol–water partition coefficient (Wildman–Crippen LogP) is 3.41. The van der Waals surface area contributed by atoms with Crippen molar-refractivity contribution in [3.8, 4) is 0 Å². The number of fused-ring (bicyclic) bond motifs is 1. The van der Waals surface area contributed by atoms with Crippen molar-refractivity contribution >= 4 is 23.2 Å². The second kappa shape index (κ2) is 4.73. The highest BCUT2D eigenvalue weighted by molar-refractivity contribution is 5.85. The monoisotopic (exact) mass is 184 g/mol. The van der Waals surface area contributed by atoms with E-state index < -0.39 is 0 Å². The molecule has 0 aliphatic carbocycles. The molecule has 0 aromatic heterocycles. The minimum Gasteiger partial charge on any atom is -0.269 e. The van der Waals surface area contributed by atoms with Gasteiger partial charge >= 0.3 is 0 Å². The zero-order valence-corrected chi connectivity index (χ0v) is 7.25. The standard InChI is InChI=1S/C10H8.ClH.FH/c1-2-6-10-8-4-3-7-9(10)5-1;;/h1-8H;2*1H. The SMILES string of the molecule is Cl.F.c1ccc2ccccc2c1. The van der Waals surface area contributed by atoms with Gasteiger partial charge in [-0.3, -0.25) is 4.70 Å². The Morgan fingerprint density at radius 1 is 0.583 bits per heavy atom. The Kier molecular flexibility index (Phi) is 4.30. The van der Waals surface area contributed by atoms with Crippen LogP contribution in [0.25, 0.3) is 10.8 Å². The molecular formula is C10H10ClF. The van der Waals surface area contributed by atoms with E-state index in [9.17, 15) is 0 Å². The van der Waals surface area contributed by atoms with Gasteiger partial charge in [0.15, 0.2) is 0 Å². The third-order valence-corrected chi connectivity index (χ3v) is 1.66. The predicted molar refractivity (Wildman–Crippen MR) is 53.7 cm³/mol. The van der Waals surface area contributed by atoms with E-state index in [0.717, 1.165) is 0 Å². The summed E-state index contributed by atoms with van der Waals surface area (Å²) in [5.74, 6) is 0. The molecule has 0 saturated carbocycles. The molecule has 0 saturated heterocycles. The molecule has 2 rings (SSSR count). The second-order valence-electron chi connectivity index (χ2n) is 2.35. The molecule has 0 fully saturated rings. The van der Waals surface area contributed by atoms with Gasteiger partial charge < -0.3 is 0 Å². The summed E-state index contributed by atoms with van der Waals surface area (Å²) in [4.78, 5) is 0. The number of hydrogen-bond donors (Lipinski definition) is 0. The zero-order chi connectivity index (χ0) is 6.81. The lowest BCUT2D eigenvalue weighted by atomic mass is 10.1. The van der Waals surface area contributed by atoms with Gasteiger partial charge in [0.2, 0.25) is 0 Å². The average Bonchev–Trinajstić information content (AvgIpc) is 2.05. The van der Waals surface area contributed by atoms with E-state index >= 15 is 0 Å². The van der Waals surface area contributed by atoms with E-state index in [1.807, 2.05) is 0 Å². The zero-order valence-electron chi connectivity index (χ0n) is 6.44. The first-order valence-electron chi connectivity index (χ1n) is 3.40. The van der Waals surface area contributed by atoms with E-state index in [1.54, 1.807) is 0 Å². The van der Waals surface area contributed by atoms with Crippen LogP contribution in [-0.2, 0) is 0 Å². The maximum absolute atomic E-state index is 2.12. The normalized spacial score (nSPS) is 8.33. The first-order valence-corrected chi connectivity index (χ1v) is 3.40. The Morgan fingerprint density at radius 2 is 0.833 bits per heavy atom. The van der Waals surface area contributed by atoms with Crippen LogP contribution in [0.4, 0.5) is 4.70 Å². The van der Waals surface area contributed by atoms with Gasteiger partial charge in [0.05, 0.1) is 0 Å². The number of halogens is 2. The number of benzene rings is 2. The van der Waals surface area contributed by atoms with Crippen molar-refractivity contribution < 1.29 is 4.70 Å². The maximum Gasteiger partial charge on any atom is -0.0184 e. The van der Waals surface area contributed by atoms with E-state index in [4.69, 9.17) is 0 Å². The minimum atomic E-state index is 0. The van der Waals surface area contributed by atoms with Gasteiger partial charge in [0, 0.05) is 0 Å². The van der Waals surface area contributed by atoms with Crippen LogP contribution >= 0.6 is 12.4 Å². The van der Waals surface area contributed by atoms with Gasteiger partial charge in [-0.05, 0) is 10.8 Å². The van der Waals surface area contributed by atoms with Crippen LogP contribution in [0.1, 0.15) is 0 Å². The summed E-state index contributed by atoms with van der Waals surface area (Å²) in [5.41, 5.74) is 0. The summed E-state index contributed by atoms with van der Waals surface area (Å²) in [6.07, 6.45) is 0. The van der Waals surface area contributed by atoms with Gasteiger partial charge in [0.25, 0.3) is 0 Å². The van der Waals surface area contributed by atoms with Crippen LogP contribution in [-0.4, -0.2) is 0 Å². The number of rotatable bonds is 0. The lowest BCUT2D eigenvalue weighted by Crippen LogP contribution is -1.67. The van der Waals surface area contributed by atoms with Crippen molar-refractivity contribution in [2.24, 2.45) is 0 Å². The highest BCUT2D eigenvalue weighted by atomic mass is 35.5. The molecule has 0 atom stereocenters. The molecule has 0 N–H and O–H groups in total. The highest BCUT2D eigenvalue weighted by Gasteiger charge is 1.85. The summed E-state index contributed by atoms with van der Waals surface area (Å²) < 4.78 is 0. The van der Waals surface area contributed by atoms with Crippen LogP contribution < -0.4 is 0 Å². The molecule has 0 aliphatic rings. The van der Waals surface area contributed by atoms with Crippen LogP contribution in [0.2, 0.25) is 0 Å². The third-order valence-electron chi connectivity index (χ3n) is 1.66. The van der Waals surface area contributed by atoms with Crippen molar-refractivity contribution in [2.75, 3.05) is 0 Å². The summed E-state index contributed by atoms with van der Waals surface area (Å²) in [6, 6.07) is 16.7. The van der Waals surface area contributed by atoms with Crippen LogP contribution in [0.3, 0.4) is 0 Å². The van der Waals surface area contributed by atoms with Crippen LogP contribution in [0.5, 0.6) is 0 Å². The summed E-state index contributed by atoms with van der Waals surface area (Å²) in [5, 5.41) is 2.62. The molecular weight excluding hydrogens is 175 g/mol. The van der Waals surface area contributed by atoms with Crippen LogP contribution in [0, 0.1) is 0 Å². The van der Waals surface area contributed by atoms with Crippen molar-refractivity contribution in [2.45, 2.75) is 0 Å². The third kappa shape index (κ3) is 1.95. The summed E-state index contributed by atoms with van der Waals surface area (Å²) >= 11 is 0. The molecule has 0 nitrogen and oxygen atoms in total. The molecule has 0 heterocycles. The molecule has 0 aliphatic heterocycles. The van der Waals surface area contributed by atoms with E-state index in [1.165, 1.54) is 10.8 Å². The molecule has 0 radical (unpaired) electrons. The molecule has 12 heavy (non-hydrogen) atoms. The van der Waals surface area contributed by atoms with Gasteiger partial charge in [-0.15, -0.1) is 12.4 Å². The van der Waals surface area contributed by atoms with Gasteiger partial charge in [-0.25, -0.2) is 0 Å². The second-order valence-corrected chi connectivity index (χ2v) is 2.35. The Labute approximate surface area is 77.0 Å². The number of hydrogen-bond acceptors (Lipinski definition) is 0. The Morgan fingerprint density at radius 3 is 1.08 bits per heavy atom. The summed E-state index contributed by atoms with van der Waals surface area (Å²) in [6.45, 7) is 0. The van der Waals surface area contributed by atoms with Crippen LogP contribution in [0.15, 0.2) is 48.5 Å². The maximum atomic E-state index is 2.12. The van der Waals surface area contributed by atoms with E-state index in [2.05, 4.69) is 48.5 Å². The fraction of sp³-hybridized carbons (Fsp3) is 0. The first kappa shape index (κ1) is 10.9. The fourth-order valence-electron chi connectivity index (χ4n) is 1.13. The molecule has 0 spiro atoms. The van der Waals surface area contributed by atoms with Crippen molar-refractivity contribution in [3.63, 3.8) is 0 Å².